The van der Waals surface area contributed by atoms with Gasteiger partial charge in [0.05, 0.1) is 29.7 Å². The van der Waals surface area contributed by atoms with E-state index in [0.717, 1.165) is 6.07 Å². The van der Waals surface area contributed by atoms with Gasteiger partial charge >= 0.3 is 5.97 Å². The maximum atomic E-state index is 13.1. The van der Waals surface area contributed by atoms with Gasteiger partial charge in [0.1, 0.15) is 5.82 Å². The fraction of sp³-hybridized carbons (Fsp3) is 0.300. The molecule has 7 nitrogen and oxygen atoms in total. The summed E-state index contributed by atoms with van der Waals surface area (Å²) in [6.45, 7) is -1.27. The number of benzene rings is 1. The summed E-state index contributed by atoms with van der Waals surface area (Å²) >= 11 is 0. The first-order valence-electron chi connectivity index (χ1n) is 5.08. The van der Waals surface area contributed by atoms with Crippen LogP contribution in [0.15, 0.2) is 23.1 Å². The van der Waals surface area contributed by atoms with E-state index >= 15 is 0 Å². The van der Waals surface area contributed by atoms with Gasteiger partial charge in [0.25, 0.3) is 0 Å². The van der Waals surface area contributed by atoms with Crippen LogP contribution in [0.2, 0.25) is 0 Å². The molecule has 0 saturated carbocycles. The van der Waals surface area contributed by atoms with E-state index in [0.29, 0.717) is 12.1 Å². The van der Waals surface area contributed by atoms with Gasteiger partial charge in [-0.1, -0.05) is 0 Å². The summed E-state index contributed by atoms with van der Waals surface area (Å²) in [7, 11) is -4.16. The third-order valence-electron chi connectivity index (χ3n) is 2.24. The van der Waals surface area contributed by atoms with Crippen molar-refractivity contribution in [1.82, 2.24) is 4.72 Å². The molecule has 0 heterocycles. The molecule has 9 heteroatoms. The highest BCUT2D eigenvalue weighted by molar-refractivity contribution is 7.89. The molecule has 0 radical (unpaired) electrons. The van der Waals surface area contributed by atoms with Gasteiger partial charge in [-0.3, -0.25) is 0 Å². The second-order valence-electron chi connectivity index (χ2n) is 3.63. The highest BCUT2D eigenvalue weighted by Crippen LogP contribution is 2.15. The van der Waals surface area contributed by atoms with E-state index in [-0.39, 0.29) is 0 Å². The van der Waals surface area contributed by atoms with Gasteiger partial charge in [0.2, 0.25) is 10.0 Å². The lowest BCUT2D eigenvalue weighted by atomic mass is 10.2. The molecule has 0 amide bonds. The SMILES string of the molecule is O=C(O)c1cc(S(=O)(=O)NC(CO)CO)ccc1F. The zero-order valence-electron chi connectivity index (χ0n) is 9.58. The Hall–Kier alpha value is -1.55. The number of hydrogen-bond acceptors (Lipinski definition) is 5. The number of carbonyl (C=O) groups is 1. The Bertz CT molecular complexity index is 569. The molecule has 0 saturated heterocycles. The van der Waals surface area contributed by atoms with Gasteiger partial charge in [-0.25, -0.2) is 22.3 Å². The maximum Gasteiger partial charge on any atom is 0.338 e. The molecular formula is C10H12FNO6S. The summed E-state index contributed by atoms with van der Waals surface area (Å²) in [6.07, 6.45) is 0. The topological polar surface area (TPSA) is 124 Å². The van der Waals surface area contributed by atoms with E-state index in [4.69, 9.17) is 15.3 Å². The predicted molar refractivity (Wildman–Crippen MR) is 61.6 cm³/mol. The molecule has 0 aliphatic heterocycles. The van der Waals surface area contributed by atoms with Crippen molar-refractivity contribution in [2.24, 2.45) is 0 Å². The zero-order chi connectivity index (χ0) is 14.6. The third kappa shape index (κ3) is 3.70. The van der Waals surface area contributed by atoms with E-state index < -0.39 is 51.5 Å². The monoisotopic (exact) mass is 293 g/mol. The number of carboxylic acid groups (broad SMARTS) is 1. The second kappa shape index (κ2) is 6.06. The van der Waals surface area contributed by atoms with Gasteiger partial charge in [-0.15, -0.1) is 0 Å². The summed E-state index contributed by atoms with van der Waals surface area (Å²) < 4.78 is 38.7. The lowest BCUT2D eigenvalue weighted by Crippen LogP contribution is -2.40. The molecule has 0 bridgehead atoms. The molecular weight excluding hydrogens is 281 g/mol. The van der Waals surface area contributed by atoms with Crippen LogP contribution in [0.4, 0.5) is 4.39 Å². The highest BCUT2D eigenvalue weighted by atomic mass is 32.2. The number of rotatable bonds is 6. The minimum absolute atomic E-state index is 0.474. The van der Waals surface area contributed by atoms with Crippen molar-refractivity contribution in [2.75, 3.05) is 13.2 Å². The molecule has 0 aromatic heterocycles. The minimum Gasteiger partial charge on any atom is -0.478 e. The molecule has 106 valence electrons. The lowest BCUT2D eigenvalue weighted by molar-refractivity contribution is 0.0691. The van der Waals surface area contributed by atoms with Crippen LogP contribution in [0.1, 0.15) is 10.4 Å². The van der Waals surface area contributed by atoms with Crippen molar-refractivity contribution in [3.63, 3.8) is 0 Å². The fourth-order valence-corrected chi connectivity index (χ4v) is 2.50. The lowest BCUT2D eigenvalue weighted by Gasteiger charge is -2.14. The Morgan fingerprint density at radius 2 is 1.89 bits per heavy atom. The Balaban J connectivity index is 3.15. The van der Waals surface area contributed by atoms with Crippen LogP contribution in [0.3, 0.4) is 0 Å². The van der Waals surface area contributed by atoms with Gasteiger partial charge in [0.15, 0.2) is 0 Å². The van der Waals surface area contributed by atoms with E-state index in [2.05, 4.69) is 0 Å². The molecule has 0 unspecified atom stereocenters. The third-order valence-corrected chi connectivity index (χ3v) is 3.76. The number of aliphatic hydroxyl groups is 2. The van der Waals surface area contributed by atoms with Crippen molar-refractivity contribution in [1.29, 1.82) is 0 Å². The number of nitrogens with one attached hydrogen (secondary N) is 1. The Labute approximate surface area is 108 Å². The normalized spacial score (nSPS) is 11.8. The molecule has 0 atom stereocenters. The average Bonchev–Trinajstić information content (AvgIpc) is 2.35. The molecule has 4 N–H and O–H groups in total. The van der Waals surface area contributed by atoms with Crippen LogP contribution in [0.25, 0.3) is 0 Å². The van der Waals surface area contributed by atoms with Crippen LogP contribution in [-0.2, 0) is 10.0 Å². The van der Waals surface area contributed by atoms with Crippen molar-refractivity contribution in [3.05, 3.63) is 29.6 Å². The summed E-state index contributed by atoms with van der Waals surface area (Å²) in [6, 6.07) is 1.13. The van der Waals surface area contributed by atoms with Crippen LogP contribution in [-0.4, -0.2) is 49.0 Å². The average molecular weight is 293 g/mol. The Kier molecular flexibility index (Phi) is 4.95. The highest BCUT2D eigenvalue weighted by Gasteiger charge is 2.22. The summed E-state index contributed by atoms with van der Waals surface area (Å²) in [5.41, 5.74) is -0.785. The Morgan fingerprint density at radius 1 is 1.32 bits per heavy atom. The molecule has 0 aliphatic carbocycles. The number of carboxylic acids is 1. The van der Waals surface area contributed by atoms with E-state index in [1.807, 2.05) is 4.72 Å². The van der Waals surface area contributed by atoms with Gasteiger partial charge in [-0.2, -0.15) is 0 Å². The van der Waals surface area contributed by atoms with Crippen LogP contribution in [0.5, 0.6) is 0 Å². The number of halogens is 1. The van der Waals surface area contributed by atoms with Crippen LogP contribution in [0, 0.1) is 5.82 Å². The summed E-state index contributed by atoms with van der Waals surface area (Å²) in [4.78, 5) is 10.2. The minimum atomic E-state index is -4.16. The first kappa shape index (κ1) is 15.5. The largest absolute Gasteiger partial charge is 0.478 e. The number of hydrogen-bond donors (Lipinski definition) is 4. The number of aromatic carboxylic acids is 1. The first-order valence-corrected chi connectivity index (χ1v) is 6.57. The van der Waals surface area contributed by atoms with E-state index in [9.17, 15) is 17.6 Å². The molecule has 0 fully saturated rings. The molecule has 1 aromatic carbocycles. The number of aliphatic hydroxyl groups excluding tert-OH is 2. The molecule has 0 aliphatic rings. The van der Waals surface area contributed by atoms with E-state index in [1.54, 1.807) is 0 Å². The van der Waals surface area contributed by atoms with E-state index in [1.165, 1.54) is 0 Å². The van der Waals surface area contributed by atoms with Gasteiger partial charge in [0, 0.05) is 0 Å². The van der Waals surface area contributed by atoms with Gasteiger partial charge < -0.3 is 15.3 Å². The summed E-state index contributed by atoms with van der Waals surface area (Å²) in [5.74, 6) is -2.66. The summed E-state index contributed by atoms with van der Waals surface area (Å²) in [5, 5.41) is 26.3. The van der Waals surface area contributed by atoms with Crippen molar-refractivity contribution in [3.8, 4) is 0 Å². The van der Waals surface area contributed by atoms with Gasteiger partial charge in [-0.05, 0) is 18.2 Å². The molecule has 0 spiro atoms. The predicted octanol–water partition coefficient (Wildman–Crippen LogP) is -0.845. The van der Waals surface area contributed by atoms with Crippen molar-refractivity contribution in [2.45, 2.75) is 10.9 Å². The number of sulfonamides is 1. The zero-order valence-corrected chi connectivity index (χ0v) is 10.4. The van der Waals surface area contributed by atoms with Crippen molar-refractivity contribution >= 4 is 16.0 Å². The first-order chi connectivity index (χ1) is 8.81. The van der Waals surface area contributed by atoms with Crippen molar-refractivity contribution < 1.29 is 32.9 Å². The second-order valence-corrected chi connectivity index (χ2v) is 5.34. The molecule has 1 aromatic rings. The fourth-order valence-electron chi connectivity index (χ4n) is 1.26. The maximum absolute atomic E-state index is 13.1. The standard InChI is InChI=1S/C10H12FNO6S/c11-9-2-1-7(3-8(9)10(15)16)19(17,18)12-6(4-13)5-14/h1-3,6,12-14H,4-5H2,(H,15,16). The molecule has 1 rings (SSSR count). The smallest absolute Gasteiger partial charge is 0.338 e. The van der Waals surface area contributed by atoms with Crippen LogP contribution >= 0.6 is 0 Å². The quantitative estimate of drug-likeness (QED) is 0.542. The Morgan fingerprint density at radius 3 is 2.37 bits per heavy atom. The molecule has 19 heavy (non-hydrogen) atoms. The van der Waals surface area contributed by atoms with Crippen LogP contribution < -0.4 is 4.72 Å².